The van der Waals surface area contributed by atoms with Gasteiger partial charge < -0.3 is 19.6 Å². The highest BCUT2D eigenvalue weighted by atomic mass is 16.5. The predicted molar refractivity (Wildman–Crippen MR) is 115 cm³/mol. The summed E-state index contributed by atoms with van der Waals surface area (Å²) >= 11 is 0. The first-order valence-electron chi connectivity index (χ1n) is 10.1. The molecule has 5 rings (SSSR count). The van der Waals surface area contributed by atoms with Gasteiger partial charge in [-0.3, -0.25) is 4.90 Å². The predicted octanol–water partition coefficient (Wildman–Crippen LogP) is 3.10. The summed E-state index contributed by atoms with van der Waals surface area (Å²) in [5.41, 5.74) is 10.2. The lowest BCUT2D eigenvalue weighted by Crippen LogP contribution is -2.33. The maximum atomic E-state index is 6.07. The zero-order chi connectivity index (χ0) is 21.5. The lowest BCUT2D eigenvalue weighted by molar-refractivity contribution is 0.192. The van der Waals surface area contributed by atoms with Crippen LogP contribution in [-0.4, -0.2) is 45.2 Å². The molecule has 0 radical (unpaired) electrons. The molecule has 4 aromatic rings. The number of ether oxygens (including phenoxy) is 2. The van der Waals surface area contributed by atoms with Gasteiger partial charge in [0.05, 0.1) is 20.5 Å². The first kappa shape index (κ1) is 19.4. The summed E-state index contributed by atoms with van der Waals surface area (Å²) in [7, 11) is 3.32. The van der Waals surface area contributed by atoms with E-state index in [0.29, 0.717) is 17.2 Å². The van der Waals surface area contributed by atoms with E-state index in [4.69, 9.17) is 24.6 Å². The number of hydrogen-bond donors (Lipinski definition) is 1. The molecule has 31 heavy (non-hydrogen) atoms. The molecule has 2 N–H and O–H groups in total. The minimum absolute atomic E-state index is 0.0606. The summed E-state index contributed by atoms with van der Waals surface area (Å²) in [6.45, 7) is 3.84. The maximum absolute atomic E-state index is 6.07. The van der Waals surface area contributed by atoms with E-state index in [1.807, 2.05) is 6.07 Å². The Morgan fingerprint density at radius 3 is 2.65 bits per heavy atom. The van der Waals surface area contributed by atoms with E-state index in [2.05, 4.69) is 34.0 Å². The van der Waals surface area contributed by atoms with Gasteiger partial charge in [-0.15, -0.1) is 5.10 Å². The molecule has 0 saturated heterocycles. The highest BCUT2D eigenvalue weighted by Crippen LogP contribution is 2.36. The number of nitrogen functional groups attached to an aromatic ring is 1. The van der Waals surface area contributed by atoms with Crippen molar-refractivity contribution >= 4 is 11.6 Å². The van der Waals surface area contributed by atoms with Crippen LogP contribution < -0.4 is 15.2 Å². The van der Waals surface area contributed by atoms with Crippen LogP contribution in [0.5, 0.6) is 11.5 Å². The Kier molecular flexibility index (Phi) is 4.74. The van der Waals surface area contributed by atoms with Gasteiger partial charge in [0.2, 0.25) is 11.8 Å². The van der Waals surface area contributed by atoms with Gasteiger partial charge in [0.25, 0.3) is 0 Å². The molecule has 0 saturated carbocycles. The summed E-state index contributed by atoms with van der Waals surface area (Å²) in [5.74, 6) is 2.87. The van der Waals surface area contributed by atoms with Crippen molar-refractivity contribution in [3.8, 4) is 23.1 Å². The van der Waals surface area contributed by atoms with E-state index < -0.39 is 0 Å². The molecule has 0 fully saturated rings. The van der Waals surface area contributed by atoms with Crippen molar-refractivity contribution in [2.45, 2.75) is 25.9 Å². The molecule has 0 spiro atoms. The average molecular weight is 420 g/mol. The molecule has 0 bridgehead atoms. The molecule has 1 unspecified atom stereocenters. The molecule has 160 valence electrons. The quantitative estimate of drug-likeness (QED) is 0.525. The number of aromatic nitrogens is 4. The normalized spacial score (nSPS) is 15.1. The Labute approximate surface area is 179 Å². The number of benzene rings is 1. The SMILES string of the molecule is COc1cc2c(cc1OC)CN(C(C)c1cnc(N)n3nc(-c4ccco4)nc13)CC2. The molecule has 1 aliphatic heterocycles. The van der Waals surface area contributed by atoms with Crippen molar-refractivity contribution in [1.29, 1.82) is 0 Å². The molecule has 9 nitrogen and oxygen atoms in total. The number of fused-ring (bicyclic) bond motifs is 2. The third-order valence-electron chi connectivity index (χ3n) is 5.91. The van der Waals surface area contributed by atoms with Crippen molar-refractivity contribution in [3.63, 3.8) is 0 Å². The second-order valence-electron chi connectivity index (χ2n) is 7.59. The molecule has 3 aromatic heterocycles. The zero-order valence-corrected chi connectivity index (χ0v) is 17.7. The van der Waals surface area contributed by atoms with Crippen LogP contribution in [0.25, 0.3) is 17.2 Å². The minimum Gasteiger partial charge on any atom is -0.493 e. The van der Waals surface area contributed by atoms with Gasteiger partial charge in [0.1, 0.15) is 0 Å². The smallest absolute Gasteiger partial charge is 0.223 e. The first-order chi connectivity index (χ1) is 15.1. The van der Waals surface area contributed by atoms with Crippen molar-refractivity contribution in [3.05, 3.63) is 53.4 Å². The fraction of sp³-hybridized carbons (Fsp3) is 0.318. The van der Waals surface area contributed by atoms with Crippen LogP contribution in [0.15, 0.2) is 41.1 Å². The minimum atomic E-state index is 0.0606. The summed E-state index contributed by atoms with van der Waals surface area (Å²) in [6, 6.07) is 7.83. The number of anilines is 1. The molecule has 0 aliphatic carbocycles. The van der Waals surface area contributed by atoms with E-state index >= 15 is 0 Å². The number of nitrogens with two attached hydrogens (primary N) is 1. The molecule has 1 atom stereocenters. The fourth-order valence-electron chi connectivity index (χ4n) is 4.14. The second kappa shape index (κ2) is 7.59. The van der Waals surface area contributed by atoms with Crippen molar-refractivity contribution in [2.24, 2.45) is 0 Å². The Morgan fingerprint density at radius 1 is 1.16 bits per heavy atom. The van der Waals surface area contributed by atoms with Crippen LogP contribution >= 0.6 is 0 Å². The lowest BCUT2D eigenvalue weighted by atomic mass is 9.96. The van der Waals surface area contributed by atoms with Gasteiger partial charge in [-0.1, -0.05) is 0 Å². The van der Waals surface area contributed by atoms with E-state index in [0.717, 1.165) is 36.6 Å². The molecule has 1 aliphatic rings. The average Bonchev–Trinajstić information content (AvgIpc) is 3.48. The summed E-state index contributed by atoms with van der Waals surface area (Å²) in [6.07, 6.45) is 4.31. The largest absolute Gasteiger partial charge is 0.493 e. The van der Waals surface area contributed by atoms with Gasteiger partial charge in [0.15, 0.2) is 22.9 Å². The van der Waals surface area contributed by atoms with Gasteiger partial charge >= 0.3 is 0 Å². The van der Waals surface area contributed by atoms with E-state index in [1.165, 1.54) is 11.1 Å². The summed E-state index contributed by atoms with van der Waals surface area (Å²) in [5, 5.41) is 4.50. The van der Waals surface area contributed by atoms with Gasteiger partial charge in [-0.05, 0) is 48.7 Å². The van der Waals surface area contributed by atoms with Gasteiger partial charge in [-0.25, -0.2) is 9.97 Å². The zero-order valence-electron chi connectivity index (χ0n) is 17.7. The standard InChI is InChI=1S/C22H24N6O3/c1-13(27-7-6-14-9-18(29-2)19(30-3)10-15(14)12-27)16-11-24-22(23)28-21(16)25-20(26-28)17-5-4-8-31-17/h4-5,8-11,13H,6-7,12H2,1-3H3,(H2,23,24). The fourth-order valence-corrected chi connectivity index (χ4v) is 4.14. The van der Waals surface area contributed by atoms with Crippen LogP contribution in [0, 0.1) is 0 Å². The molecule has 1 aromatic carbocycles. The third-order valence-corrected chi connectivity index (χ3v) is 5.91. The number of methoxy groups -OCH3 is 2. The van der Waals surface area contributed by atoms with E-state index in [9.17, 15) is 0 Å². The van der Waals surface area contributed by atoms with Crippen molar-refractivity contribution in [2.75, 3.05) is 26.5 Å². The first-order valence-corrected chi connectivity index (χ1v) is 10.1. The molecule has 9 heteroatoms. The molecular weight excluding hydrogens is 396 g/mol. The number of rotatable bonds is 5. The lowest BCUT2D eigenvalue weighted by Gasteiger charge is -2.34. The third kappa shape index (κ3) is 3.27. The maximum Gasteiger partial charge on any atom is 0.223 e. The number of nitrogens with zero attached hydrogens (tertiary/aromatic N) is 5. The molecule has 0 amide bonds. The number of hydrogen-bond acceptors (Lipinski definition) is 8. The number of furan rings is 1. The molecule has 4 heterocycles. The van der Waals surface area contributed by atoms with Crippen LogP contribution in [0.4, 0.5) is 5.95 Å². The Morgan fingerprint density at radius 2 is 1.94 bits per heavy atom. The molecular formula is C22H24N6O3. The van der Waals surface area contributed by atoms with E-state index in [1.54, 1.807) is 37.3 Å². The Balaban J connectivity index is 1.49. The summed E-state index contributed by atoms with van der Waals surface area (Å²) in [4.78, 5) is 11.4. The monoisotopic (exact) mass is 420 g/mol. The highest BCUT2D eigenvalue weighted by Gasteiger charge is 2.26. The van der Waals surface area contributed by atoms with Crippen LogP contribution in [-0.2, 0) is 13.0 Å². The van der Waals surface area contributed by atoms with Crippen LogP contribution in [0.1, 0.15) is 29.7 Å². The highest BCUT2D eigenvalue weighted by molar-refractivity contribution is 5.58. The van der Waals surface area contributed by atoms with Crippen LogP contribution in [0.3, 0.4) is 0 Å². The van der Waals surface area contributed by atoms with E-state index in [-0.39, 0.29) is 12.0 Å². The van der Waals surface area contributed by atoms with Crippen molar-refractivity contribution < 1.29 is 13.9 Å². The van der Waals surface area contributed by atoms with Gasteiger partial charge in [-0.2, -0.15) is 4.52 Å². The Bertz CT molecular complexity index is 1230. The topological polar surface area (TPSA) is 104 Å². The Hall–Kier alpha value is -3.59. The second-order valence-corrected chi connectivity index (χ2v) is 7.59. The van der Waals surface area contributed by atoms with Gasteiger partial charge in [0, 0.05) is 30.9 Å². The van der Waals surface area contributed by atoms with Crippen molar-refractivity contribution in [1.82, 2.24) is 24.5 Å². The summed E-state index contributed by atoms with van der Waals surface area (Å²) < 4.78 is 18.0. The van der Waals surface area contributed by atoms with Crippen LogP contribution in [0.2, 0.25) is 0 Å².